The van der Waals surface area contributed by atoms with Crippen molar-refractivity contribution in [2.24, 2.45) is 4.99 Å². The molecular formula is C8H17N3. The van der Waals surface area contributed by atoms with E-state index in [1.54, 1.807) is 0 Å². The minimum atomic E-state index is 0.670. The van der Waals surface area contributed by atoms with Crippen LogP contribution in [-0.2, 0) is 0 Å². The van der Waals surface area contributed by atoms with Gasteiger partial charge in [0.05, 0.1) is 6.34 Å². The highest BCUT2D eigenvalue weighted by atomic mass is 15.2. The number of hydrogen-bond donors (Lipinski definition) is 1. The zero-order valence-corrected chi connectivity index (χ0v) is 7.38. The Hall–Kier alpha value is -0.570. The first kappa shape index (κ1) is 8.53. The fourth-order valence-electron chi connectivity index (χ4n) is 1.50. The predicted molar refractivity (Wildman–Crippen MR) is 48.1 cm³/mol. The molecule has 0 radical (unpaired) electrons. The molecule has 1 N–H and O–H groups in total. The molecule has 0 aromatic rings. The van der Waals surface area contributed by atoms with Crippen molar-refractivity contribution < 1.29 is 0 Å². The molecule has 1 saturated heterocycles. The number of rotatable bonds is 3. The molecule has 1 aliphatic heterocycles. The molecule has 3 heteroatoms. The molecule has 0 amide bonds. The van der Waals surface area contributed by atoms with Gasteiger partial charge in [-0.1, -0.05) is 0 Å². The average Bonchev–Trinajstić information content (AvgIpc) is 2.52. The highest BCUT2D eigenvalue weighted by Gasteiger charge is 2.18. The first-order valence-electron chi connectivity index (χ1n) is 4.27. The summed E-state index contributed by atoms with van der Waals surface area (Å²) in [6, 6.07) is 0.670. The molecule has 1 aliphatic rings. The third kappa shape index (κ3) is 2.19. The Kier molecular flexibility index (Phi) is 3.36. The number of nitrogens with zero attached hydrogens (tertiary/aromatic N) is 2. The standard InChI is InChI=1S/C8H17N3/c1-3-11(7-9-2)8-4-5-10-6-8/h7-8,10H,3-6H2,1-2H3/b9-7-. The Bertz CT molecular complexity index is 127. The lowest BCUT2D eigenvalue weighted by Crippen LogP contribution is -2.35. The van der Waals surface area contributed by atoms with E-state index < -0.39 is 0 Å². The van der Waals surface area contributed by atoms with Gasteiger partial charge < -0.3 is 10.2 Å². The molecule has 0 aromatic heterocycles. The molecular weight excluding hydrogens is 138 g/mol. The molecule has 11 heavy (non-hydrogen) atoms. The van der Waals surface area contributed by atoms with Crippen molar-refractivity contribution in [3.8, 4) is 0 Å². The van der Waals surface area contributed by atoms with E-state index in [1.165, 1.54) is 6.42 Å². The number of aliphatic imine (C=N–C) groups is 1. The molecule has 0 bridgehead atoms. The molecule has 0 aliphatic carbocycles. The fraction of sp³-hybridized carbons (Fsp3) is 0.875. The van der Waals surface area contributed by atoms with Crippen LogP contribution >= 0.6 is 0 Å². The van der Waals surface area contributed by atoms with Gasteiger partial charge in [0, 0.05) is 26.2 Å². The van der Waals surface area contributed by atoms with Crippen LogP contribution in [0.4, 0.5) is 0 Å². The summed E-state index contributed by atoms with van der Waals surface area (Å²) in [6.45, 7) is 5.49. The minimum Gasteiger partial charge on any atom is -0.359 e. The smallest absolute Gasteiger partial charge is 0.0849 e. The summed E-state index contributed by atoms with van der Waals surface area (Å²) >= 11 is 0. The third-order valence-electron chi connectivity index (χ3n) is 2.13. The van der Waals surface area contributed by atoms with Crippen LogP contribution in [0.25, 0.3) is 0 Å². The van der Waals surface area contributed by atoms with Gasteiger partial charge >= 0.3 is 0 Å². The maximum atomic E-state index is 4.02. The largest absolute Gasteiger partial charge is 0.359 e. The van der Waals surface area contributed by atoms with Gasteiger partial charge in [-0.25, -0.2) is 0 Å². The molecule has 0 aromatic carbocycles. The van der Waals surface area contributed by atoms with E-state index in [0.717, 1.165) is 19.6 Å². The van der Waals surface area contributed by atoms with Crippen molar-refractivity contribution in [3.63, 3.8) is 0 Å². The first-order valence-corrected chi connectivity index (χ1v) is 4.27. The summed E-state index contributed by atoms with van der Waals surface area (Å²) in [4.78, 5) is 6.32. The van der Waals surface area contributed by atoms with Crippen molar-refractivity contribution in [3.05, 3.63) is 0 Å². The van der Waals surface area contributed by atoms with E-state index in [1.807, 2.05) is 13.4 Å². The molecule has 0 spiro atoms. The van der Waals surface area contributed by atoms with E-state index in [4.69, 9.17) is 0 Å². The van der Waals surface area contributed by atoms with E-state index in [9.17, 15) is 0 Å². The molecule has 1 heterocycles. The Balaban J connectivity index is 2.39. The molecule has 1 fully saturated rings. The quantitative estimate of drug-likeness (QED) is 0.470. The molecule has 1 atom stereocenters. The van der Waals surface area contributed by atoms with Crippen LogP contribution in [0.5, 0.6) is 0 Å². The van der Waals surface area contributed by atoms with Crippen LogP contribution in [0.15, 0.2) is 4.99 Å². The first-order chi connectivity index (χ1) is 5.38. The number of nitrogens with one attached hydrogen (secondary N) is 1. The van der Waals surface area contributed by atoms with Gasteiger partial charge in [0.25, 0.3) is 0 Å². The molecule has 1 rings (SSSR count). The summed E-state index contributed by atoms with van der Waals surface area (Å²) in [5.41, 5.74) is 0. The van der Waals surface area contributed by atoms with Gasteiger partial charge in [0.15, 0.2) is 0 Å². The summed E-state index contributed by atoms with van der Waals surface area (Å²) in [6.07, 6.45) is 3.19. The normalized spacial score (nSPS) is 24.7. The minimum absolute atomic E-state index is 0.670. The van der Waals surface area contributed by atoms with Crippen LogP contribution in [0.3, 0.4) is 0 Å². The Morgan fingerprint density at radius 2 is 2.55 bits per heavy atom. The van der Waals surface area contributed by atoms with E-state index in [2.05, 4.69) is 22.1 Å². The maximum Gasteiger partial charge on any atom is 0.0849 e. The highest BCUT2D eigenvalue weighted by Crippen LogP contribution is 2.05. The Morgan fingerprint density at radius 3 is 3.00 bits per heavy atom. The van der Waals surface area contributed by atoms with Gasteiger partial charge in [-0.05, 0) is 19.9 Å². The SMILES string of the molecule is CCN(/C=N\C)C1CCNC1. The van der Waals surface area contributed by atoms with Crippen LogP contribution in [-0.4, -0.2) is 44.0 Å². The van der Waals surface area contributed by atoms with Crippen LogP contribution in [0.1, 0.15) is 13.3 Å². The number of hydrogen-bond acceptors (Lipinski definition) is 2. The zero-order valence-electron chi connectivity index (χ0n) is 7.38. The molecule has 1 unspecified atom stereocenters. The summed E-state index contributed by atoms with van der Waals surface area (Å²) in [5, 5.41) is 3.34. The van der Waals surface area contributed by atoms with E-state index >= 15 is 0 Å². The molecule has 0 saturated carbocycles. The zero-order chi connectivity index (χ0) is 8.10. The summed E-state index contributed by atoms with van der Waals surface area (Å²) in [5.74, 6) is 0. The van der Waals surface area contributed by atoms with Crippen molar-refractivity contribution in [2.45, 2.75) is 19.4 Å². The van der Waals surface area contributed by atoms with Crippen molar-refractivity contribution in [1.29, 1.82) is 0 Å². The molecule has 64 valence electrons. The summed E-state index contributed by atoms with van der Waals surface area (Å²) < 4.78 is 0. The Labute approximate surface area is 68.5 Å². The van der Waals surface area contributed by atoms with E-state index in [0.29, 0.717) is 6.04 Å². The second-order valence-electron chi connectivity index (χ2n) is 2.85. The lowest BCUT2D eigenvalue weighted by atomic mass is 10.2. The van der Waals surface area contributed by atoms with Gasteiger partial charge in [0.1, 0.15) is 0 Å². The topological polar surface area (TPSA) is 27.6 Å². The van der Waals surface area contributed by atoms with Gasteiger partial charge in [-0.2, -0.15) is 0 Å². The number of likely N-dealkylation sites (N-methyl/N-ethyl adjacent to an activating group) is 1. The summed E-state index contributed by atoms with van der Waals surface area (Å²) in [7, 11) is 1.82. The third-order valence-corrected chi connectivity index (χ3v) is 2.13. The van der Waals surface area contributed by atoms with Crippen LogP contribution < -0.4 is 5.32 Å². The molecule has 3 nitrogen and oxygen atoms in total. The lowest BCUT2D eigenvalue weighted by molar-refractivity contribution is 0.353. The van der Waals surface area contributed by atoms with Crippen LogP contribution in [0, 0.1) is 0 Å². The van der Waals surface area contributed by atoms with Crippen molar-refractivity contribution >= 4 is 6.34 Å². The average molecular weight is 155 g/mol. The van der Waals surface area contributed by atoms with Gasteiger partial charge in [-0.3, -0.25) is 4.99 Å². The second-order valence-corrected chi connectivity index (χ2v) is 2.85. The van der Waals surface area contributed by atoms with E-state index in [-0.39, 0.29) is 0 Å². The van der Waals surface area contributed by atoms with Crippen molar-refractivity contribution in [1.82, 2.24) is 10.2 Å². The predicted octanol–water partition coefficient (Wildman–Crippen LogP) is 0.328. The van der Waals surface area contributed by atoms with Crippen LogP contribution in [0.2, 0.25) is 0 Å². The fourth-order valence-corrected chi connectivity index (χ4v) is 1.50. The van der Waals surface area contributed by atoms with Gasteiger partial charge in [-0.15, -0.1) is 0 Å². The maximum absolute atomic E-state index is 4.02. The van der Waals surface area contributed by atoms with Crippen molar-refractivity contribution in [2.75, 3.05) is 26.7 Å². The van der Waals surface area contributed by atoms with Gasteiger partial charge in [0.2, 0.25) is 0 Å². The monoisotopic (exact) mass is 155 g/mol. The highest BCUT2D eigenvalue weighted by molar-refractivity contribution is 5.55. The second kappa shape index (κ2) is 4.34. The Morgan fingerprint density at radius 1 is 1.73 bits per heavy atom. The lowest BCUT2D eigenvalue weighted by Gasteiger charge is -2.23.